The molecule has 7 heteroatoms. The van der Waals surface area contributed by atoms with Gasteiger partial charge in [-0.2, -0.15) is 5.26 Å². The quantitative estimate of drug-likeness (QED) is 0.738. The predicted molar refractivity (Wildman–Crippen MR) is 108 cm³/mol. The van der Waals surface area contributed by atoms with Crippen molar-refractivity contribution in [2.24, 2.45) is 23.2 Å². The zero-order valence-electron chi connectivity index (χ0n) is 18.2. The number of amides is 2. The van der Waals surface area contributed by atoms with E-state index in [0.29, 0.717) is 24.2 Å². The van der Waals surface area contributed by atoms with Gasteiger partial charge in [0, 0.05) is 11.5 Å². The number of aliphatic hydroxyl groups is 1. The number of hydrogen-bond acceptors (Lipinski definition) is 5. The van der Waals surface area contributed by atoms with Gasteiger partial charge in [-0.25, -0.2) is 4.79 Å². The first-order valence-corrected chi connectivity index (χ1v) is 11.4. The molecule has 6 aliphatic rings. The highest BCUT2D eigenvalue weighted by atomic mass is 16.6. The lowest BCUT2D eigenvalue weighted by atomic mass is 9.46. The lowest BCUT2D eigenvalue weighted by Gasteiger charge is -2.62. The monoisotopic (exact) mass is 415 g/mol. The molecule has 5 saturated carbocycles. The molecule has 0 spiro atoms. The molecular weight excluding hydrogens is 382 g/mol. The maximum Gasteiger partial charge on any atom is 0.408 e. The SMILES string of the molecule is CC(C)(C)OC(=O)N[C@H](C(=O)N1[C@H](C#N)C[C@@H]2C[C@@H]21)C12C[C@H]3C[C@@H](C1)C[C@](O)(C3)C2. The minimum atomic E-state index is -0.750. The highest BCUT2D eigenvalue weighted by Gasteiger charge is 2.64. The molecule has 0 aromatic rings. The lowest BCUT2D eigenvalue weighted by Crippen LogP contribution is -2.66. The molecule has 1 aliphatic heterocycles. The van der Waals surface area contributed by atoms with Gasteiger partial charge in [0.2, 0.25) is 5.91 Å². The minimum Gasteiger partial charge on any atom is -0.444 e. The van der Waals surface area contributed by atoms with Gasteiger partial charge < -0.3 is 20.1 Å². The fourth-order valence-electron chi connectivity index (χ4n) is 7.56. The number of fused-ring (bicyclic) bond motifs is 1. The highest BCUT2D eigenvalue weighted by Crippen LogP contribution is 2.63. The third-order valence-corrected chi connectivity index (χ3v) is 8.10. The van der Waals surface area contributed by atoms with E-state index in [4.69, 9.17) is 4.74 Å². The Balaban J connectivity index is 1.47. The number of nitriles is 1. The summed E-state index contributed by atoms with van der Waals surface area (Å²) >= 11 is 0. The number of alkyl carbamates (subject to hydrolysis) is 1. The average molecular weight is 416 g/mol. The van der Waals surface area contributed by atoms with E-state index in [2.05, 4.69) is 11.4 Å². The van der Waals surface area contributed by atoms with Crippen LogP contribution in [-0.2, 0) is 9.53 Å². The molecule has 1 saturated heterocycles. The number of hydrogen-bond donors (Lipinski definition) is 2. The van der Waals surface area contributed by atoms with Crippen LogP contribution in [0.15, 0.2) is 0 Å². The molecule has 8 atom stereocenters. The van der Waals surface area contributed by atoms with Crippen LogP contribution >= 0.6 is 0 Å². The van der Waals surface area contributed by atoms with E-state index in [1.807, 2.05) is 0 Å². The topological polar surface area (TPSA) is 103 Å². The number of ether oxygens (including phenoxy) is 1. The second-order valence-corrected chi connectivity index (χ2v) is 11.8. The smallest absolute Gasteiger partial charge is 0.408 e. The van der Waals surface area contributed by atoms with Crippen molar-refractivity contribution in [3.63, 3.8) is 0 Å². The molecule has 0 aromatic heterocycles. The molecule has 164 valence electrons. The van der Waals surface area contributed by atoms with Gasteiger partial charge in [-0.1, -0.05) is 0 Å². The molecular formula is C23H33N3O4. The summed E-state index contributed by atoms with van der Waals surface area (Å²) in [5.74, 6) is 1.06. The fourth-order valence-corrected chi connectivity index (χ4v) is 7.56. The average Bonchev–Trinajstić information content (AvgIpc) is 3.25. The number of carbonyl (C=O) groups excluding carboxylic acids is 2. The van der Waals surface area contributed by atoms with Crippen molar-refractivity contribution in [1.82, 2.24) is 10.2 Å². The van der Waals surface area contributed by atoms with Crippen LogP contribution in [0.25, 0.3) is 0 Å². The zero-order valence-corrected chi connectivity index (χ0v) is 18.2. The number of rotatable bonds is 3. The van der Waals surface area contributed by atoms with E-state index >= 15 is 0 Å². The highest BCUT2D eigenvalue weighted by molar-refractivity contribution is 5.88. The fraction of sp³-hybridized carbons (Fsp3) is 0.870. The van der Waals surface area contributed by atoms with Crippen LogP contribution in [0.4, 0.5) is 4.79 Å². The van der Waals surface area contributed by atoms with E-state index in [1.165, 1.54) is 0 Å². The summed E-state index contributed by atoms with van der Waals surface area (Å²) in [6.45, 7) is 5.41. The Morgan fingerprint density at radius 2 is 1.83 bits per heavy atom. The first kappa shape index (κ1) is 20.1. The molecule has 1 heterocycles. The molecule has 0 radical (unpaired) electrons. The van der Waals surface area contributed by atoms with Crippen molar-refractivity contribution in [1.29, 1.82) is 5.26 Å². The van der Waals surface area contributed by atoms with Crippen LogP contribution in [0.5, 0.6) is 0 Å². The Morgan fingerprint density at radius 1 is 1.17 bits per heavy atom. The normalized spacial score (nSPS) is 44.2. The number of piperidine rings is 1. The van der Waals surface area contributed by atoms with Crippen molar-refractivity contribution in [3.8, 4) is 6.07 Å². The molecule has 30 heavy (non-hydrogen) atoms. The Hall–Kier alpha value is -1.81. The van der Waals surface area contributed by atoms with Crippen LogP contribution in [0, 0.1) is 34.5 Å². The van der Waals surface area contributed by atoms with Gasteiger partial charge in [0.1, 0.15) is 17.7 Å². The summed E-state index contributed by atoms with van der Waals surface area (Å²) in [6, 6.07) is 1.26. The summed E-state index contributed by atoms with van der Waals surface area (Å²) in [5.41, 5.74) is -1.86. The second-order valence-electron chi connectivity index (χ2n) is 11.8. The molecule has 5 aliphatic carbocycles. The van der Waals surface area contributed by atoms with E-state index in [-0.39, 0.29) is 11.9 Å². The van der Waals surface area contributed by atoms with Crippen LogP contribution in [-0.4, -0.2) is 51.3 Å². The molecule has 7 nitrogen and oxygen atoms in total. The molecule has 1 unspecified atom stereocenters. The number of nitrogens with one attached hydrogen (secondary N) is 1. The molecule has 2 N–H and O–H groups in total. The summed E-state index contributed by atoms with van der Waals surface area (Å²) in [7, 11) is 0. The molecule has 2 amide bonds. The maximum atomic E-state index is 13.9. The van der Waals surface area contributed by atoms with E-state index in [1.54, 1.807) is 25.7 Å². The number of carbonyl (C=O) groups is 2. The Morgan fingerprint density at radius 3 is 2.40 bits per heavy atom. The standard InChI is InChI=1S/C23H33N3O4/c1-21(2,3)30-20(28)25-18(19(27)26-16(11-24)5-15-6-17(15)26)22-7-13-4-14(8-22)10-23(29,9-13)12-22/h13-18,29H,4-10,12H2,1-3H3,(H,25,28)/t13-,14+,15-,16+,17+,18-,22?,23-/m1/s1. The lowest BCUT2D eigenvalue weighted by molar-refractivity contribution is -0.180. The maximum absolute atomic E-state index is 13.9. The minimum absolute atomic E-state index is 0.127. The number of likely N-dealkylation sites (tertiary alicyclic amines) is 1. The van der Waals surface area contributed by atoms with Crippen molar-refractivity contribution >= 4 is 12.0 Å². The molecule has 0 aromatic carbocycles. The predicted octanol–water partition coefficient (Wildman–Crippen LogP) is 2.72. The van der Waals surface area contributed by atoms with Gasteiger partial charge >= 0.3 is 6.09 Å². The Kier molecular flexibility index (Phi) is 4.26. The third kappa shape index (κ3) is 3.28. The Bertz CT molecular complexity index is 798. The van der Waals surface area contributed by atoms with Crippen molar-refractivity contribution in [3.05, 3.63) is 0 Å². The van der Waals surface area contributed by atoms with Gasteiger partial charge in [0.15, 0.2) is 0 Å². The molecule has 6 rings (SSSR count). The molecule has 4 bridgehead atoms. The van der Waals surface area contributed by atoms with Gasteiger partial charge in [-0.15, -0.1) is 0 Å². The van der Waals surface area contributed by atoms with Gasteiger partial charge in [0.25, 0.3) is 0 Å². The summed E-state index contributed by atoms with van der Waals surface area (Å²) < 4.78 is 5.51. The zero-order chi connectivity index (χ0) is 21.5. The van der Waals surface area contributed by atoms with E-state index in [9.17, 15) is 20.0 Å². The summed E-state index contributed by atoms with van der Waals surface area (Å²) in [4.78, 5) is 28.4. The van der Waals surface area contributed by atoms with Crippen molar-refractivity contribution in [2.75, 3.05) is 0 Å². The largest absolute Gasteiger partial charge is 0.444 e. The van der Waals surface area contributed by atoms with Crippen LogP contribution in [0.2, 0.25) is 0 Å². The molecule has 6 fully saturated rings. The van der Waals surface area contributed by atoms with Gasteiger partial charge in [-0.05, 0) is 89.9 Å². The number of nitrogens with zero attached hydrogens (tertiary/aromatic N) is 2. The van der Waals surface area contributed by atoms with Gasteiger partial charge in [-0.3, -0.25) is 4.79 Å². The summed E-state index contributed by atoms with van der Waals surface area (Å²) in [6.07, 6.45) is 6.02. The third-order valence-electron chi connectivity index (χ3n) is 8.10. The Labute approximate surface area is 178 Å². The first-order valence-electron chi connectivity index (χ1n) is 11.4. The first-order chi connectivity index (χ1) is 14.0. The van der Waals surface area contributed by atoms with Crippen molar-refractivity contribution < 1.29 is 19.4 Å². The summed E-state index contributed by atoms with van der Waals surface area (Å²) in [5, 5.41) is 23.8. The van der Waals surface area contributed by atoms with Crippen LogP contribution < -0.4 is 5.32 Å². The second kappa shape index (κ2) is 6.35. The van der Waals surface area contributed by atoms with Crippen molar-refractivity contribution in [2.45, 2.75) is 101 Å². The van der Waals surface area contributed by atoms with Crippen LogP contribution in [0.1, 0.15) is 72.1 Å². The van der Waals surface area contributed by atoms with Crippen LogP contribution in [0.3, 0.4) is 0 Å². The van der Waals surface area contributed by atoms with E-state index in [0.717, 1.165) is 44.9 Å². The van der Waals surface area contributed by atoms with Gasteiger partial charge in [0.05, 0.1) is 11.7 Å². The van der Waals surface area contributed by atoms with E-state index < -0.39 is 34.8 Å².